The Labute approximate surface area is 182 Å². The smallest absolute Gasteiger partial charge is 0.265 e. The van der Waals surface area contributed by atoms with Crippen LogP contribution in [-0.4, -0.2) is 24.9 Å². The van der Waals surface area contributed by atoms with Gasteiger partial charge in [-0.15, -0.1) is 10.2 Å². The van der Waals surface area contributed by atoms with Gasteiger partial charge in [0.2, 0.25) is 5.78 Å². The van der Waals surface area contributed by atoms with Crippen LogP contribution in [0, 0.1) is 0 Å². The molecule has 0 radical (unpaired) electrons. The second-order valence-electron chi connectivity index (χ2n) is 8.60. The van der Waals surface area contributed by atoms with Gasteiger partial charge in [-0.05, 0) is 31.2 Å². The molecule has 1 atom stereocenters. The van der Waals surface area contributed by atoms with Crippen LogP contribution in [0.25, 0.3) is 17.0 Å². The molecule has 0 N–H and O–H groups in total. The van der Waals surface area contributed by atoms with Crippen molar-refractivity contribution >= 4 is 17.5 Å². The number of aromatic nitrogens is 4. The summed E-state index contributed by atoms with van der Waals surface area (Å²) in [4.78, 5) is 14.0. The molecule has 5 nitrogen and oxygen atoms in total. The number of hydrogen-bond acceptors (Lipinski definition) is 4. The lowest BCUT2D eigenvalue weighted by molar-refractivity contribution is 0.433. The second kappa shape index (κ2) is 8.58. The van der Waals surface area contributed by atoms with E-state index in [4.69, 9.17) is 0 Å². The summed E-state index contributed by atoms with van der Waals surface area (Å²) in [5, 5.41) is 9.70. The number of fused-ring (bicyclic) bond motifs is 4. The zero-order valence-corrected chi connectivity index (χ0v) is 19.4. The minimum atomic E-state index is -0.196. The molecule has 1 aliphatic carbocycles. The van der Waals surface area contributed by atoms with Crippen molar-refractivity contribution < 1.29 is 0 Å². The van der Waals surface area contributed by atoms with Gasteiger partial charge in [0.1, 0.15) is 0 Å². The number of thioether (sulfide) groups is 1. The lowest BCUT2D eigenvalue weighted by Gasteiger charge is -2.37. The third kappa shape index (κ3) is 3.39. The second-order valence-corrected chi connectivity index (χ2v) is 9.66. The summed E-state index contributed by atoms with van der Waals surface area (Å²) in [6.45, 7) is 9.66. The molecule has 0 saturated heterocycles. The van der Waals surface area contributed by atoms with Crippen LogP contribution < -0.4 is 5.56 Å². The van der Waals surface area contributed by atoms with Crippen molar-refractivity contribution in [2.45, 2.75) is 83.3 Å². The topological polar surface area (TPSA) is 52.2 Å². The van der Waals surface area contributed by atoms with E-state index in [1.54, 1.807) is 16.2 Å². The molecular weight excluding hydrogens is 392 g/mol. The molecule has 0 amide bonds. The van der Waals surface area contributed by atoms with E-state index in [2.05, 4.69) is 66.7 Å². The summed E-state index contributed by atoms with van der Waals surface area (Å²) in [5.74, 6) is 1.64. The van der Waals surface area contributed by atoms with Gasteiger partial charge in [0.25, 0.3) is 5.56 Å². The summed E-state index contributed by atoms with van der Waals surface area (Å²) < 4.78 is 4.06. The quantitative estimate of drug-likeness (QED) is 0.355. The van der Waals surface area contributed by atoms with Crippen LogP contribution >= 0.6 is 11.8 Å². The molecule has 1 aliphatic rings. The van der Waals surface area contributed by atoms with Crippen molar-refractivity contribution in [3.63, 3.8) is 0 Å². The molecule has 0 aliphatic heterocycles. The fourth-order valence-corrected chi connectivity index (χ4v) is 5.54. The summed E-state index contributed by atoms with van der Waals surface area (Å²) >= 11 is 1.65. The van der Waals surface area contributed by atoms with Gasteiger partial charge in [-0.25, -0.2) is 4.40 Å². The molecule has 2 aromatic heterocycles. The molecule has 4 rings (SSSR count). The van der Waals surface area contributed by atoms with Crippen molar-refractivity contribution in [3.8, 4) is 11.3 Å². The Bertz CT molecular complexity index is 1120. The highest BCUT2D eigenvalue weighted by Crippen LogP contribution is 2.43. The monoisotopic (exact) mass is 424 g/mol. The first kappa shape index (κ1) is 21.2. The van der Waals surface area contributed by atoms with Crippen LogP contribution in [0.15, 0.2) is 34.2 Å². The highest BCUT2D eigenvalue weighted by Gasteiger charge is 2.39. The highest BCUT2D eigenvalue weighted by molar-refractivity contribution is 7.99. The number of nitrogens with zero attached hydrogens (tertiary/aromatic N) is 4. The van der Waals surface area contributed by atoms with E-state index in [9.17, 15) is 4.79 Å². The molecule has 2 heterocycles. The summed E-state index contributed by atoms with van der Waals surface area (Å²) in [7, 11) is 0. The van der Waals surface area contributed by atoms with E-state index >= 15 is 0 Å². The molecule has 3 aromatic rings. The number of aryl methyl sites for hydroxylation is 1. The van der Waals surface area contributed by atoms with Crippen molar-refractivity contribution in [3.05, 3.63) is 45.7 Å². The van der Waals surface area contributed by atoms with Gasteiger partial charge >= 0.3 is 0 Å². The average molecular weight is 425 g/mol. The first-order valence-electron chi connectivity index (χ1n) is 11.3. The number of benzene rings is 1. The maximum absolute atomic E-state index is 14.0. The Morgan fingerprint density at radius 2 is 1.87 bits per heavy atom. The molecule has 6 heteroatoms. The standard InChI is InChI=1S/C24H32N4OS/c1-5-8-14-27-20-18-13-11-10-12-17(18)16-24(4,7-3)19(20)21(29)28-22(27)25-26-23(28)30-15-9-6-2/h10-13H,5-9,14-16H2,1-4H3/t24-/m1/s1. The first-order valence-corrected chi connectivity index (χ1v) is 12.3. The van der Waals surface area contributed by atoms with Gasteiger partial charge in [-0.1, -0.05) is 76.6 Å². The Kier molecular flexibility index (Phi) is 6.05. The molecule has 160 valence electrons. The van der Waals surface area contributed by atoms with E-state index in [0.717, 1.165) is 67.2 Å². The molecule has 0 fully saturated rings. The Hall–Kier alpha value is -2.08. The molecule has 0 saturated carbocycles. The van der Waals surface area contributed by atoms with Crippen LogP contribution in [0.2, 0.25) is 0 Å². The zero-order valence-electron chi connectivity index (χ0n) is 18.6. The maximum atomic E-state index is 14.0. The zero-order chi connectivity index (χ0) is 21.3. The average Bonchev–Trinajstić information content (AvgIpc) is 3.18. The lowest BCUT2D eigenvalue weighted by Crippen LogP contribution is -2.39. The fourth-order valence-electron chi connectivity index (χ4n) is 4.53. The third-order valence-corrected chi connectivity index (χ3v) is 7.50. The van der Waals surface area contributed by atoms with E-state index in [-0.39, 0.29) is 11.0 Å². The molecule has 0 spiro atoms. The minimum Gasteiger partial charge on any atom is -0.309 e. The molecule has 0 bridgehead atoms. The number of unbranched alkanes of at least 4 members (excludes halogenated alkanes) is 2. The van der Waals surface area contributed by atoms with Crippen LogP contribution in [-0.2, 0) is 18.4 Å². The van der Waals surface area contributed by atoms with Gasteiger partial charge in [-0.3, -0.25) is 4.79 Å². The summed E-state index contributed by atoms with van der Waals surface area (Å²) in [6, 6.07) is 8.55. The van der Waals surface area contributed by atoms with Gasteiger partial charge in [0.05, 0.1) is 5.69 Å². The van der Waals surface area contributed by atoms with Gasteiger partial charge in [-0.2, -0.15) is 0 Å². The minimum absolute atomic E-state index is 0.0654. The number of rotatable bonds is 8. The van der Waals surface area contributed by atoms with E-state index in [1.165, 1.54) is 11.1 Å². The summed E-state index contributed by atoms with van der Waals surface area (Å²) in [5.41, 5.74) is 4.36. The highest BCUT2D eigenvalue weighted by atomic mass is 32.2. The molecule has 0 unspecified atom stereocenters. The predicted molar refractivity (Wildman–Crippen MR) is 125 cm³/mol. The van der Waals surface area contributed by atoms with Crippen LogP contribution in [0.5, 0.6) is 0 Å². The molecule has 1 aromatic carbocycles. The van der Waals surface area contributed by atoms with E-state index in [1.807, 2.05) is 0 Å². The van der Waals surface area contributed by atoms with Gasteiger partial charge in [0.15, 0.2) is 5.16 Å². The summed E-state index contributed by atoms with van der Waals surface area (Å²) in [6.07, 6.45) is 6.18. The van der Waals surface area contributed by atoms with Crippen molar-refractivity contribution in [2.24, 2.45) is 0 Å². The van der Waals surface area contributed by atoms with Crippen molar-refractivity contribution in [1.29, 1.82) is 0 Å². The Balaban J connectivity index is 2.05. The lowest BCUT2D eigenvalue weighted by atomic mass is 9.69. The Morgan fingerprint density at radius 1 is 1.10 bits per heavy atom. The normalized spacial score (nSPS) is 17.9. The van der Waals surface area contributed by atoms with Crippen LogP contribution in [0.3, 0.4) is 0 Å². The van der Waals surface area contributed by atoms with Gasteiger partial charge < -0.3 is 4.57 Å². The van der Waals surface area contributed by atoms with Crippen molar-refractivity contribution in [2.75, 3.05) is 5.75 Å². The SMILES string of the molecule is CCCCSc1nnc2n(CCCC)c3c(c(=O)n12)[C@](C)(CC)Cc1ccccc1-3. The Morgan fingerprint density at radius 3 is 2.60 bits per heavy atom. The third-order valence-electron chi connectivity index (χ3n) is 6.48. The van der Waals surface area contributed by atoms with E-state index in [0.29, 0.717) is 5.78 Å². The fraction of sp³-hybridized carbons (Fsp3) is 0.542. The largest absolute Gasteiger partial charge is 0.309 e. The first-order chi connectivity index (χ1) is 14.6. The van der Waals surface area contributed by atoms with Crippen LogP contribution in [0.1, 0.15) is 70.9 Å². The van der Waals surface area contributed by atoms with Crippen LogP contribution in [0.4, 0.5) is 0 Å². The van der Waals surface area contributed by atoms with Gasteiger partial charge in [0, 0.05) is 28.8 Å². The molecule has 30 heavy (non-hydrogen) atoms. The number of hydrogen-bond donors (Lipinski definition) is 0. The van der Waals surface area contributed by atoms with Crippen molar-refractivity contribution in [1.82, 2.24) is 19.2 Å². The predicted octanol–water partition coefficient (Wildman–Crippen LogP) is 5.47. The maximum Gasteiger partial charge on any atom is 0.265 e. The van der Waals surface area contributed by atoms with E-state index < -0.39 is 0 Å². The molecular formula is C24H32N4OS.